The minimum atomic E-state index is 0. The molecule has 0 aliphatic carbocycles. The zero-order valence-electron chi connectivity index (χ0n) is 13.5. The Hall–Kier alpha value is -0.730. The number of benzene rings is 1. The molecule has 1 rings (SSSR count). The normalized spacial score (nSPS) is 12.7. The second-order valence-corrected chi connectivity index (χ2v) is 6.29. The molecule has 1 aromatic carbocycles. The maximum atomic E-state index is 6.11. The molecule has 0 aromatic heterocycles. The molecule has 0 heterocycles. The van der Waals surface area contributed by atoms with Gasteiger partial charge < -0.3 is 10.5 Å². The van der Waals surface area contributed by atoms with E-state index in [-0.39, 0.29) is 23.9 Å². The minimum Gasteiger partial charge on any atom is -0.493 e. The third kappa shape index (κ3) is 5.72. The van der Waals surface area contributed by atoms with Gasteiger partial charge in [-0.15, -0.1) is 12.4 Å². The van der Waals surface area contributed by atoms with E-state index in [1.807, 2.05) is 0 Å². The lowest BCUT2D eigenvalue weighted by molar-refractivity contribution is 0.313. The first kappa shape index (κ1) is 19.3. The summed E-state index contributed by atoms with van der Waals surface area (Å²) in [6, 6.07) is 6.75. The Morgan fingerprint density at radius 1 is 1.20 bits per heavy atom. The summed E-state index contributed by atoms with van der Waals surface area (Å²) in [4.78, 5) is 0. The third-order valence-corrected chi connectivity index (χ3v) is 3.39. The van der Waals surface area contributed by atoms with Crippen molar-refractivity contribution in [1.29, 1.82) is 0 Å². The number of ether oxygens (including phenoxy) is 1. The van der Waals surface area contributed by atoms with Gasteiger partial charge in [0.1, 0.15) is 5.75 Å². The van der Waals surface area contributed by atoms with Crippen LogP contribution in [0.25, 0.3) is 0 Å². The molecule has 0 saturated carbocycles. The quantitative estimate of drug-likeness (QED) is 0.841. The van der Waals surface area contributed by atoms with Crippen LogP contribution < -0.4 is 10.5 Å². The molecule has 1 atom stereocenters. The summed E-state index contributed by atoms with van der Waals surface area (Å²) in [5.41, 5.74) is 8.86. The fourth-order valence-electron chi connectivity index (χ4n) is 1.99. The van der Waals surface area contributed by atoms with Crippen molar-refractivity contribution >= 4 is 12.4 Å². The van der Waals surface area contributed by atoms with Crippen molar-refractivity contribution in [2.24, 2.45) is 5.73 Å². The lowest BCUT2D eigenvalue weighted by atomic mass is 9.85. The maximum Gasteiger partial charge on any atom is 0.122 e. The molecule has 20 heavy (non-hydrogen) atoms. The average Bonchev–Trinajstić information content (AvgIpc) is 2.35. The molecular formula is C17H30ClNO. The van der Waals surface area contributed by atoms with E-state index in [1.54, 1.807) is 0 Å². The van der Waals surface area contributed by atoms with Gasteiger partial charge in [0.05, 0.1) is 6.61 Å². The molecule has 2 nitrogen and oxygen atoms in total. The maximum absolute atomic E-state index is 6.11. The van der Waals surface area contributed by atoms with Gasteiger partial charge in [-0.3, -0.25) is 0 Å². The topological polar surface area (TPSA) is 35.2 Å². The van der Waals surface area contributed by atoms with Crippen LogP contribution in [-0.2, 0) is 11.8 Å². The Morgan fingerprint density at radius 2 is 1.85 bits per heavy atom. The van der Waals surface area contributed by atoms with Crippen LogP contribution >= 0.6 is 12.4 Å². The predicted octanol–water partition coefficient (Wildman–Crippen LogP) is 4.47. The molecule has 1 aromatic rings. The van der Waals surface area contributed by atoms with E-state index in [0.717, 1.165) is 31.6 Å². The van der Waals surface area contributed by atoms with Crippen LogP contribution in [0.1, 0.15) is 58.6 Å². The molecule has 3 heteroatoms. The zero-order chi connectivity index (χ0) is 14.5. The van der Waals surface area contributed by atoms with Gasteiger partial charge in [-0.05, 0) is 41.9 Å². The molecule has 0 spiro atoms. The van der Waals surface area contributed by atoms with Crippen LogP contribution in [0.3, 0.4) is 0 Å². The summed E-state index contributed by atoms with van der Waals surface area (Å²) >= 11 is 0. The first-order chi connectivity index (χ1) is 8.88. The number of hydrogen-bond donors (Lipinski definition) is 1. The molecule has 116 valence electrons. The van der Waals surface area contributed by atoms with E-state index in [4.69, 9.17) is 10.5 Å². The van der Waals surface area contributed by atoms with Gasteiger partial charge in [0.15, 0.2) is 0 Å². The van der Waals surface area contributed by atoms with E-state index < -0.39 is 0 Å². The first-order valence-corrected chi connectivity index (χ1v) is 7.40. The molecule has 1 unspecified atom stereocenters. The second kappa shape index (κ2) is 8.53. The minimum absolute atomic E-state index is 0. The van der Waals surface area contributed by atoms with E-state index in [1.165, 1.54) is 11.1 Å². The Labute approximate surface area is 130 Å². The molecular weight excluding hydrogens is 270 g/mol. The lowest BCUT2D eigenvalue weighted by Gasteiger charge is -2.22. The van der Waals surface area contributed by atoms with Gasteiger partial charge in [-0.2, -0.15) is 0 Å². The highest BCUT2D eigenvalue weighted by molar-refractivity contribution is 5.85. The van der Waals surface area contributed by atoms with Gasteiger partial charge in [0.2, 0.25) is 0 Å². The van der Waals surface area contributed by atoms with Crippen LogP contribution in [0, 0.1) is 0 Å². The fraction of sp³-hybridized carbons (Fsp3) is 0.647. The molecule has 0 amide bonds. The fourth-order valence-corrected chi connectivity index (χ4v) is 1.99. The van der Waals surface area contributed by atoms with Crippen LogP contribution in [-0.4, -0.2) is 12.6 Å². The van der Waals surface area contributed by atoms with E-state index in [9.17, 15) is 0 Å². The van der Waals surface area contributed by atoms with Gasteiger partial charge in [-0.1, -0.05) is 46.8 Å². The van der Waals surface area contributed by atoms with E-state index in [0.29, 0.717) is 0 Å². The summed E-state index contributed by atoms with van der Waals surface area (Å²) < 4.78 is 5.84. The molecule has 2 N–H and O–H groups in total. The van der Waals surface area contributed by atoms with Crippen LogP contribution in [0.15, 0.2) is 18.2 Å². The summed E-state index contributed by atoms with van der Waals surface area (Å²) in [5, 5.41) is 0. The highest BCUT2D eigenvalue weighted by atomic mass is 35.5. The number of halogens is 1. The Morgan fingerprint density at radius 3 is 2.35 bits per heavy atom. The summed E-state index contributed by atoms with van der Waals surface area (Å²) in [6.07, 6.45) is 2.91. The van der Waals surface area contributed by atoms with Gasteiger partial charge in [-0.25, -0.2) is 0 Å². The van der Waals surface area contributed by atoms with Crippen molar-refractivity contribution in [2.75, 3.05) is 6.61 Å². The van der Waals surface area contributed by atoms with Crippen molar-refractivity contribution in [3.05, 3.63) is 29.3 Å². The third-order valence-electron chi connectivity index (χ3n) is 3.39. The SMILES string of the molecule is CCCOc1ccc(C(C)(C)C)cc1CC(N)CC.Cl. The average molecular weight is 300 g/mol. The largest absolute Gasteiger partial charge is 0.493 e. The van der Waals surface area contributed by atoms with Crippen molar-refractivity contribution in [3.8, 4) is 5.75 Å². The Bertz CT molecular complexity index is 398. The Balaban J connectivity index is 0.00000361. The van der Waals surface area contributed by atoms with Crippen molar-refractivity contribution in [2.45, 2.75) is 65.3 Å². The van der Waals surface area contributed by atoms with Gasteiger partial charge in [0.25, 0.3) is 0 Å². The highest BCUT2D eigenvalue weighted by Crippen LogP contribution is 2.29. The number of nitrogens with two attached hydrogens (primary N) is 1. The van der Waals surface area contributed by atoms with Crippen LogP contribution in [0.5, 0.6) is 5.75 Å². The molecule has 0 radical (unpaired) electrons. The smallest absolute Gasteiger partial charge is 0.122 e. The van der Waals surface area contributed by atoms with E-state index >= 15 is 0 Å². The summed E-state index contributed by atoms with van der Waals surface area (Å²) in [7, 11) is 0. The molecule has 0 bridgehead atoms. The first-order valence-electron chi connectivity index (χ1n) is 7.40. The molecule has 0 aliphatic rings. The zero-order valence-corrected chi connectivity index (χ0v) is 14.3. The van der Waals surface area contributed by atoms with E-state index in [2.05, 4.69) is 52.8 Å². The highest BCUT2D eigenvalue weighted by Gasteiger charge is 2.17. The van der Waals surface area contributed by atoms with Crippen LogP contribution in [0.4, 0.5) is 0 Å². The summed E-state index contributed by atoms with van der Waals surface area (Å²) in [6.45, 7) is 11.7. The Kier molecular flexibility index (Phi) is 8.22. The van der Waals surface area contributed by atoms with Crippen molar-refractivity contribution in [1.82, 2.24) is 0 Å². The van der Waals surface area contributed by atoms with Gasteiger partial charge >= 0.3 is 0 Å². The predicted molar refractivity (Wildman–Crippen MR) is 90.1 cm³/mol. The summed E-state index contributed by atoms with van der Waals surface area (Å²) in [5.74, 6) is 0.999. The van der Waals surface area contributed by atoms with Crippen molar-refractivity contribution in [3.63, 3.8) is 0 Å². The molecule has 0 saturated heterocycles. The standard InChI is InChI=1S/C17H29NO.ClH/c1-6-10-19-16-9-8-14(17(3,4)5)11-13(16)12-15(18)7-2;/h8-9,11,15H,6-7,10,12,18H2,1-5H3;1H. The van der Waals surface area contributed by atoms with Crippen molar-refractivity contribution < 1.29 is 4.74 Å². The molecule has 0 fully saturated rings. The lowest BCUT2D eigenvalue weighted by Crippen LogP contribution is -2.22. The number of rotatable bonds is 6. The molecule has 0 aliphatic heterocycles. The monoisotopic (exact) mass is 299 g/mol. The van der Waals surface area contributed by atoms with Crippen LogP contribution in [0.2, 0.25) is 0 Å². The second-order valence-electron chi connectivity index (χ2n) is 6.29. The van der Waals surface area contributed by atoms with Gasteiger partial charge in [0, 0.05) is 6.04 Å². The number of hydrogen-bond acceptors (Lipinski definition) is 2.